The fraction of sp³-hybridized carbons (Fsp3) is 0.583. The maximum atomic E-state index is 6.02. The first-order valence-electron chi connectivity index (χ1n) is 10.7. The van der Waals surface area contributed by atoms with Crippen molar-refractivity contribution in [1.29, 1.82) is 0 Å². The van der Waals surface area contributed by atoms with Crippen LogP contribution in [0.25, 0.3) is 10.8 Å². The van der Waals surface area contributed by atoms with Crippen LogP contribution >= 0.6 is 15.9 Å². The number of rotatable bonds is 15. The summed E-state index contributed by atoms with van der Waals surface area (Å²) in [6, 6.07) is 10.3. The molecule has 0 unspecified atom stereocenters. The van der Waals surface area contributed by atoms with Gasteiger partial charge in [0, 0.05) is 10.7 Å². The molecule has 0 bridgehead atoms. The highest BCUT2D eigenvalue weighted by Crippen LogP contribution is 2.37. The Bertz CT molecular complexity index is 687. The van der Waals surface area contributed by atoms with Gasteiger partial charge in [0.25, 0.3) is 0 Å². The largest absolute Gasteiger partial charge is 0.494 e. The lowest BCUT2D eigenvalue weighted by Crippen LogP contribution is -2.00. The summed E-state index contributed by atoms with van der Waals surface area (Å²) >= 11 is 3.48. The normalized spacial score (nSPS) is 11.0. The van der Waals surface area contributed by atoms with Gasteiger partial charge in [-0.2, -0.15) is 0 Å². The third-order valence-electron chi connectivity index (χ3n) is 4.91. The fourth-order valence-electron chi connectivity index (χ4n) is 3.30. The average Bonchev–Trinajstić information content (AvgIpc) is 2.72. The Labute approximate surface area is 178 Å². The van der Waals surface area contributed by atoms with Crippen LogP contribution in [0.5, 0.6) is 17.2 Å². The number of hydrogen-bond acceptors (Lipinski definition) is 3. The van der Waals surface area contributed by atoms with Crippen molar-refractivity contribution in [1.82, 2.24) is 0 Å². The molecule has 0 fully saturated rings. The molecule has 0 saturated heterocycles. The average molecular weight is 451 g/mol. The van der Waals surface area contributed by atoms with Gasteiger partial charge in [0.15, 0.2) is 11.5 Å². The maximum absolute atomic E-state index is 6.02. The highest BCUT2D eigenvalue weighted by molar-refractivity contribution is 9.09. The molecule has 2 rings (SSSR count). The van der Waals surface area contributed by atoms with Gasteiger partial charge >= 0.3 is 0 Å². The number of halogens is 1. The van der Waals surface area contributed by atoms with E-state index in [0.29, 0.717) is 0 Å². The molecule has 0 aliphatic rings. The summed E-state index contributed by atoms with van der Waals surface area (Å²) in [6.07, 6.45) is 11.0. The van der Waals surface area contributed by atoms with Crippen LogP contribution in [0.4, 0.5) is 0 Å². The molecule has 3 nitrogen and oxygen atoms in total. The van der Waals surface area contributed by atoms with Gasteiger partial charge in [0.05, 0.1) is 20.3 Å². The molecule has 2 aromatic carbocycles. The van der Waals surface area contributed by atoms with Crippen LogP contribution in [0.2, 0.25) is 0 Å². The fourth-order valence-corrected chi connectivity index (χ4v) is 3.70. The molecular weight excluding hydrogens is 416 g/mol. The molecule has 0 heterocycles. The van der Waals surface area contributed by atoms with E-state index in [1.54, 1.807) is 7.11 Å². The van der Waals surface area contributed by atoms with Gasteiger partial charge in [-0.3, -0.25) is 0 Å². The SMILES string of the molecule is CCCCCOc1ccc2c(OC)c(OCCCCCCCCBr)ccc2c1. The molecule has 156 valence electrons. The highest BCUT2D eigenvalue weighted by atomic mass is 79.9. The van der Waals surface area contributed by atoms with E-state index in [1.165, 1.54) is 44.9 Å². The van der Waals surface area contributed by atoms with Crippen LogP contribution in [-0.4, -0.2) is 25.7 Å². The number of fused-ring (bicyclic) bond motifs is 1. The molecular formula is C24H35BrO3. The Balaban J connectivity index is 1.88. The van der Waals surface area contributed by atoms with Crippen LogP contribution in [0.15, 0.2) is 30.3 Å². The van der Waals surface area contributed by atoms with Crippen LogP contribution in [0, 0.1) is 0 Å². The summed E-state index contributed by atoms with van der Waals surface area (Å²) in [5.41, 5.74) is 0. The Kier molecular flexibility index (Phi) is 11.2. The lowest BCUT2D eigenvalue weighted by Gasteiger charge is -2.14. The van der Waals surface area contributed by atoms with Gasteiger partial charge in [-0.05, 0) is 48.9 Å². The second-order valence-electron chi connectivity index (χ2n) is 7.19. The summed E-state index contributed by atoms with van der Waals surface area (Å²) in [4.78, 5) is 0. The van der Waals surface area contributed by atoms with E-state index in [4.69, 9.17) is 14.2 Å². The van der Waals surface area contributed by atoms with Crippen LogP contribution in [-0.2, 0) is 0 Å². The topological polar surface area (TPSA) is 27.7 Å². The van der Waals surface area contributed by atoms with Gasteiger partial charge in [-0.25, -0.2) is 0 Å². The molecule has 2 aromatic rings. The lowest BCUT2D eigenvalue weighted by atomic mass is 10.1. The summed E-state index contributed by atoms with van der Waals surface area (Å²) in [6.45, 7) is 3.71. The minimum Gasteiger partial charge on any atom is -0.494 e. The standard InChI is InChI=1S/C24H35BrO3/c1-3-4-10-17-27-21-13-14-22-20(19-21)12-15-23(24(22)26-2)28-18-11-8-6-5-7-9-16-25/h12-15,19H,3-11,16-18H2,1-2H3. The molecule has 28 heavy (non-hydrogen) atoms. The molecule has 0 spiro atoms. The first-order valence-corrected chi connectivity index (χ1v) is 11.8. The third kappa shape index (κ3) is 7.54. The van der Waals surface area contributed by atoms with Crippen molar-refractivity contribution in [3.05, 3.63) is 30.3 Å². The van der Waals surface area contributed by atoms with Gasteiger partial charge in [-0.15, -0.1) is 0 Å². The van der Waals surface area contributed by atoms with E-state index in [2.05, 4.69) is 41.1 Å². The van der Waals surface area contributed by atoms with Crippen molar-refractivity contribution in [2.24, 2.45) is 0 Å². The first kappa shape index (κ1) is 22.9. The van der Waals surface area contributed by atoms with E-state index >= 15 is 0 Å². The first-order chi connectivity index (χ1) is 13.8. The lowest BCUT2D eigenvalue weighted by molar-refractivity contribution is 0.286. The van der Waals surface area contributed by atoms with Crippen molar-refractivity contribution >= 4 is 26.7 Å². The molecule has 0 aromatic heterocycles. The van der Waals surface area contributed by atoms with E-state index < -0.39 is 0 Å². The molecule has 0 aliphatic heterocycles. The zero-order valence-corrected chi connectivity index (χ0v) is 19.1. The number of unbranched alkanes of at least 4 members (excludes halogenated alkanes) is 7. The van der Waals surface area contributed by atoms with Crippen molar-refractivity contribution in [2.75, 3.05) is 25.7 Å². The Morgan fingerprint density at radius 2 is 1.50 bits per heavy atom. The van der Waals surface area contributed by atoms with Crippen LogP contribution < -0.4 is 14.2 Å². The van der Waals surface area contributed by atoms with Gasteiger partial charge in [-0.1, -0.05) is 67.4 Å². The van der Waals surface area contributed by atoms with E-state index in [1.807, 2.05) is 12.1 Å². The molecule has 0 aliphatic carbocycles. The molecule has 0 atom stereocenters. The van der Waals surface area contributed by atoms with Gasteiger partial charge in [0.2, 0.25) is 0 Å². The van der Waals surface area contributed by atoms with E-state index in [0.717, 1.165) is 59.4 Å². The van der Waals surface area contributed by atoms with Crippen molar-refractivity contribution in [2.45, 2.75) is 64.7 Å². The third-order valence-corrected chi connectivity index (χ3v) is 5.47. The number of alkyl halides is 1. The number of ether oxygens (including phenoxy) is 3. The molecule has 0 saturated carbocycles. The summed E-state index contributed by atoms with van der Waals surface area (Å²) in [5.74, 6) is 2.55. The zero-order valence-electron chi connectivity index (χ0n) is 17.5. The number of hydrogen-bond donors (Lipinski definition) is 0. The Hall–Kier alpha value is -1.42. The van der Waals surface area contributed by atoms with E-state index in [9.17, 15) is 0 Å². The van der Waals surface area contributed by atoms with E-state index in [-0.39, 0.29) is 0 Å². The smallest absolute Gasteiger partial charge is 0.168 e. The second-order valence-corrected chi connectivity index (χ2v) is 7.99. The quantitative estimate of drug-likeness (QED) is 0.207. The summed E-state index contributed by atoms with van der Waals surface area (Å²) in [5, 5.41) is 3.30. The van der Waals surface area contributed by atoms with Crippen molar-refractivity contribution in [3.8, 4) is 17.2 Å². The predicted octanol–water partition coefficient (Wildman–Crippen LogP) is 7.53. The van der Waals surface area contributed by atoms with Crippen molar-refractivity contribution in [3.63, 3.8) is 0 Å². The minimum absolute atomic E-state index is 0.735. The zero-order chi connectivity index (χ0) is 20.0. The Morgan fingerprint density at radius 1 is 0.786 bits per heavy atom. The second kappa shape index (κ2) is 13.7. The van der Waals surface area contributed by atoms with Gasteiger partial charge in [0.1, 0.15) is 5.75 Å². The van der Waals surface area contributed by atoms with Crippen LogP contribution in [0.3, 0.4) is 0 Å². The Morgan fingerprint density at radius 3 is 2.25 bits per heavy atom. The molecule has 0 amide bonds. The predicted molar refractivity (Wildman–Crippen MR) is 123 cm³/mol. The summed E-state index contributed by atoms with van der Waals surface area (Å²) < 4.78 is 17.6. The highest BCUT2D eigenvalue weighted by Gasteiger charge is 2.10. The molecule has 0 radical (unpaired) electrons. The summed E-state index contributed by atoms with van der Waals surface area (Å²) in [7, 11) is 1.71. The minimum atomic E-state index is 0.735. The molecule has 0 N–H and O–H groups in total. The number of benzene rings is 2. The molecule has 4 heteroatoms. The van der Waals surface area contributed by atoms with Crippen LogP contribution in [0.1, 0.15) is 64.7 Å². The van der Waals surface area contributed by atoms with Crippen molar-refractivity contribution < 1.29 is 14.2 Å². The monoisotopic (exact) mass is 450 g/mol. The maximum Gasteiger partial charge on any atom is 0.168 e. The number of methoxy groups -OCH3 is 1. The van der Waals surface area contributed by atoms with Gasteiger partial charge < -0.3 is 14.2 Å².